The van der Waals surface area contributed by atoms with E-state index in [1.807, 2.05) is 19.1 Å². The Morgan fingerprint density at radius 3 is 2.87 bits per heavy atom. The van der Waals surface area contributed by atoms with Gasteiger partial charge in [0, 0.05) is 12.3 Å². The molecule has 0 heterocycles. The maximum Gasteiger partial charge on any atom is 0.125 e. The van der Waals surface area contributed by atoms with E-state index in [0.29, 0.717) is 0 Å². The van der Waals surface area contributed by atoms with Crippen LogP contribution in [0.5, 0.6) is 0 Å². The summed E-state index contributed by atoms with van der Waals surface area (Å²) in [4.78, 5) is 0. The number of hydrogen-bond donors (Lipinski definition) is 0. The molecule has 0 bridgehead atoms. The lowest BCUT2D eigenvalue weighted by atomic mass is 9.89. The quantitative estimate of drug-likeness (QED) is 0.602. The van der Waals surface area contributed by atoms with Crippen LogP contribution >= 0.6 is 0 Å². The number of hydrogen-bond acceptors (Lipinski definition) is 0. The minimum atomic E-state index is -1.16. The SMILES string of the molecule is C/C=C\[C@H](CCC)C1=CC(F)CC(F)=C1. The highest BCUT2D eigenvalue weighted by molar-refractivity contribution is 5.32. The molecule has 2 atom stereocenters. The second kappa shape index (κ2) is 5.84. The van der Waals surface area contributed by atoms with E-state index in [1.54, 1.807) is 6.08 Å². The smallest absolute Gasteiger partial charge is 0.125 e. The molecule has 1 rings (SSSR count). The largest absolute Gasteiger partial charge is 0.242 e. The van der Waals surface area contributed by atoms with Gasteiger partial charge in [0.05, 0.1) is 0 Å². The summed E-state index contributed by atoms with van der Waals surface area (Å²) in [5.41, 5.74) is 0.784. The molecule has 0 N–H and O–H groups in total. The Bertz CT molecular complexity index is 287. The topological polar surface area (TPSA) is 0 Å². The molecule has 0 nitrogen and oxygen atoms in total. The maximum atomic E-state index is 13.1. The first-order chi connectivity index (χ1) is 7.17. The van der Waals surface area contributed by atoms with Crippen LogP contribution in [0.1, 0.15) is 33.1 Å². The van der Waals surface area contributed by atoms with Crippen LogP contribution in [0.15, 0.2) is 35.7 Å². The van der Waals surface area contributed by atoms with Crippen molar-refractivity contribution in [1.29, 1.82) is 0 Å². The van der Waals surface area contributed by atoms with Gasteiger partial charge in [0.15, 0.2) is 0 Å². The average molecular weight is 212 g/mol. The van der Waals surface area contributed by atoms with Crippen LogP contribution in [0.2, 0.25) is 0 Å². The number of halogens is 2. The molecule has 84 valence electrons. The lowest BCUT2D eigenvalue weighted by molar-refractivity contribution is 0.364. The van der Waals surface area contributed by atoms with Crippen LogP contribution in [0, 0.1) is 5.92 Å². The molecule has 0 aromatic carbocycles. The van der Waals surface area contributed by atoms with Gasteiger partial charge in [-0.05, 0) is 31.1 Å². The zero-order valence-electron chi connectivity index (χ0n) is 9.34. The van der Waals surface area contributed by atoms with Gasteiger partial charge >= 0.3 is 0 Å². The summed E-state index contributed by atoms with van der Waals surface area (Å²) in [6, 6.07) is 0. The van der Waals surface area contributed by atoms with E-state index in [0.717, 1.165) is 18.4 Å². The van der Waals surface area contributed by atoms with Crippen molar-refractivity contribution < 1.29 is 8.78 Å². The predicted octanol–water partition coefficient (Wildman–Crippen LogP) is 4.50. The van der Waals surface area contributed by atoms with Crippen LogP contribution in [0.25, 0.3) is 0 Å². The molecule has 0 saturated carbocycles. The minimum absolute atomic E-state index is 0.0990. The summed E-state index contributed by atoms with van der Waals surface area (Å²) in [5.74, 6) is -0.185. The van der Waals surface area contributed by atoms with Gasteiger partial charge in [-0.15, -0.1) is 0 Å². The Morgan fingerprint density at radius 1 is 1.60 bits per heavy atom. The highest BCUT2D eigenvalue weighted by Crippen LogP contribution is 2.28. The van der Waals surface area contributed by atoms with Gasteiger partial charge in [-0.1, -0.05) is 25.5 Å². The number of alkyl halides is 1. The molecule has 0 fully saturated rings. The van der Waals surface area contributed by atoms with E-state index in [4.69, 9.17) is 0 Å². The Hall–Kier alpha value is -0.920. The molecule has 0 amide bonds. The summed E-state index contributed by atoms with van der Waals surface area (Å²) in [6.45, 7) is 4.01. The van der Waals surface area contributed by atoms with Gasteiger partial charge in [0.25, 0.3) is 0 Å². The molecule has 0 radical (unpaired) electrons. The fourth-order valence-corrected chi connectivity index (χ4v) is 1.89. The van der Waals surface area contributed by atoms with Crippen molar-refractivity contribution in [3.63, 3.8) is 0 Å². The summed E-state index contributed by atoms with van der Waals surface area (Å²) < 4.78 is 26.2. The Morgan fingerprint density at radius 2 is 2.33 bits per heavy atom. The maximum absolute atomic E-state index is 13.1. The normalized spacial score (nSPS) is 23.9. The zero-order valence-corrected chi connectivity index (χ0v) is 9.34. The average Bonchev–Trinajstić information content (AvgIpc) is 2.16. The van der Waals surface area contributed by atoms with Crippen LogP contribution in [-0.2, 0) is 0 Å². The summed E-state index contributed by atoms with van der Waals surface area (Å²) in [5, 5.41) is 0. The fraction of sp³-hybridized carbons (Fsp3) is 0.538. The van der Waals surface area contributed by atoms with E-state index in [2.05, 4.69) is 6.92 Å². The molecule has 1 unspecified atom stereocenters. The number of allylic oxidation sites excluding steroid dienone is 6. The highest BCUT2D eigenvalue weighted by atomic mass is 19.1. The Labute approximate surface area is 90.4 Å². The molecule has 1 aliphatic rings. The van der Waals surface area contributed by atoms with Crippen molar-refractivity contribution in [1.82, 2.24) is 0 Å². The first-order valence-corrected chi connectivity index (χ1v) is 5.52. The molecule has 1 aliphatic carbocycles. The molecule has 0 aliphatic heterocycles. The fourth-order valence-electron chi connectivity index (χ4n) is 1.89. The number of rotatable bonds is 4. The van der Waals surface area contributed by atoms with E-state index in [1.165, 1.54) is 6.08 Å². The third kappa shape index (κ3) is 3.61. The Balaban J connectivity index is 2.82. The summed E-state index contributed by atoms with van der Waals surface area (Å²) >= 11 is 0. The van der Waals surface area contributed by atoms with E-state index >= 15 is 0 Å². The van der Waals surface area contributed by atoms with Gasteiger partial charge < -0.3 is 0 Å². The lowest BCUT2D eigenvalue weighted by Gasteiger charge is -2.18. The standard InChI is InChI=1S/C13H18F2/c1-3-5-10(6-4-2)11-7-12(14)9-13(15)8-11/h3,5,7-8,10,12H,4,6,9H2,1-2H3/b5-3-/t10-,12?/m1/s1. The molecule has 15 heavy (non-hydrogen) atoms. The second-order valence-corrected chi connectivity index (χ2v) is 3.90. The molecule has 0 aromatic heterocycles. The van der Waals surface area contributed by atoms with Gasteiger partial charge in [0.1, 0.15) is 12.0 Å². The monoisotopic (exact) mass is 212 g/mol. The molecule has 0 spiro atoms. The Kier molecular flexibility index (Phi) is 4.73. The third-order valence-electron chi connectivity index (χ3n) is 2.54. The molecule has 2 heteroatoms. The second-order valence-electron chi connectivity index (χ2n) is 3.90. The van der Waals surface area contributed by atoms with Gasteiger partial charge in [-0.25, -0.2) is 8.78 Å². The molecular weight excluding hydrogens is 194 g/mol. The summed E-state index contributed by atoms with van der Waals surface area (Å²) in [6.07, 6.45) is 7.67. The van der Waals surface area contributed by atoms with Gasteiger partial charge in [-0.2, -0.15) is 0 Å². The third-order valence-corrected chi connectivity index (χ3v) is 2.54. The highest BCUT2D eigenvalue weighted by Gasteiger charge is 2.18. The molecule has 0 aromatic rings. The van der Waals surface area contributed by atoms with Crippen LogP contribution < -0.4 is 0 Å². The van der Waals surface area contributed by atoms with Gasteiger partial charge in [0.2, 0.25) is 0 Å². The molecular formula is C13H18F2. The first kappa shape index (κ1) is 12.2. The van der Waals surface area contributed by atoms with Crippen molar-refractivity contribution >= 4 is 0 Å². The zero-order chi connectivity index (χ0) is 11.3. The van der Waals surface area contributed by atoms with E-state index < -0.39 is 6.17 Å². The predicted molar refractivity (Wildman–Crippen MR) is 60.0 cm³/mol. The van der Waals surface area contributed by atoms with Crippen molar-refractivity contribution in [3.05, 3.63) is 35.7 Å². The van der Waals surface area contributed by atoms with Crippen LogP contribution in [-0.4, -0.2) is 6.17 Å². The van der Waals surface area contributed by atoms with Gasteiger partial charge in [-0.3, -0.25) is 0 Å². The van der Waals surface area contributed by atoms with Crippen molar-refractivity contribution in [2.45, 2.75) is 39.3 Å². The lowest BCUT2D eigenvalue weighted by Crippen LogP contribution is -2.08. The molecule has 0 saturated heterocycles. The van der Waals surface area contributed by atoms with Crippen molar-refractivity contribution in [3.8, 4) is 0 Å². The van der Waals surface area contributed by atoms with E-state index in [9.17, 15) is 8.78 Å². The van der Waals surface area contributed by atoms with Crippen LogP contribution in [0.3, 0.4) is 0 Å². The van der Waals surface area contributed by atoms with E-state index in [-0.39, 0.29) is 18.2 Å². The van der Waals surface area contributed by atoms with Crippen molar-refractivity contribution in [2.24, 2.45) is 5.92 Å². The summed E-state index contributed by atoms with van der Waals surface area (Å²) in [7, 11) is 0. The first-order valence-electron chi connectivity index (χ1n) is 5.52. The van der Waals surface area contributed by atoms with Crippen LogP contribution in [0.4, 0.5) is 8.78 Å². The van der Waals surface area contributed by atoms with Crippen molar-refractivity contribution in [2.75, 3.05) is 0 Å². The minimum Gasteiger partial charge on any atom is -0.242 e.